The summed E-state index contributed by atoms with van der Waals surface area (Å²) in [6, 6.07) is -0.578. The molecule has 0 unspecified atom stereocenters. The SMILES string of the molecule is C[C@H]1CC[C@H](NC(=O)OC(C)(C)C)C(=O)O1. The van der Waals surface area contributed by atoms with Crippen LogP contribution in [-0.2, 0) is 14.3 Å². The monoisotopic (exact) mass is 229 g/mol. The zero-order valence-corrected chi connectivity index (χ0v) is 10.2. The van der Waals surface area contributed by atoms with Gasteiger partial charge in [-0.25, -0.2) is 9.59 Å². The Morgan fingerprint density at radius 3 is 2.56 bits per heavy atom. The van der Waals surface area contributed by atoms with Gasteiger partial charge in [0.25, 0.3) is 0 Å². The van der Waals surface area contributed by atoms with Crippen LogP contribution in [0.1, 0.15) is 40.5 Å². The Hall–Kier alpha value is -1.26. The number of hydrogen-bond acceptors (Lipinski definition) is 4. The fourth-order valence-corrected chi connectivity index (χ4v) is 1.44. The number of rotatable bonds is 1. The van der Waals surface area contributed by atoms with Gasteiger partial charge >= 0.3 is 12.1 Å². The Labute approximate surface area is 95.5 Å². The van der Waals surface area contributed by atoms with E-state index in [9.17, 15) is 9.59 Å². The van der Waals surface area contributed by atoms with Crippen LogP contribution in [0.3, 0.4) is 0 Å². The number of esters is 1. The van der Waals surface area contributed by atoms with Crippen LogP contribution >= 0.6 is 0 Å². The van der Waals surface area contributed by atoms with Crippen molar-refractivity contribution in [2.75, 3.05) is 0 Å². The molecule has 0 spiro atoms. The van der Waals surface area contributed by atoms with E-state index >= 15 is 0 Å². The fourth-order valence-electron chi connectivity index (χ4n) is 1.44. The van der Waals surface area contributed by atoms with Crippen molar-refractivity contribution >= 4 is 12.1 Å². The van der Waals surface area contributed by atoms with Crippen molar-refractivity contribution in [1.29, 1.82) is 0 Å². The van der Waals surface area contributed by atoms with Crippen LogP contribution in [0, 0.1) is 0 Å². The molecule has 1 rings (SSSR count). The second-order valence-electron chi connectivity index (χ2n) is 5.02. The fraction of sp³-hybridized carbons (Fsp3) is 0.818. The maximum Gasteiger partial charge on any atom is 0.408 e. The van der Waals surface area contributed by atoms with Gasteiger partial charge in [-0.3, -0.25) is 0 Å². The molecule has 1 heterocycles. The molecule has 0 radical (unpaired) electrons. The van der Waals surface area contributed by atoms with Crippen LogP contribution in [0.25, 0.3) is 0 Å². The highest BCUT2D eigenvalue weighted by atomic mass is 16.6. The van der Waals surface area contributed by atoms with Crippen LogP contribution in [0.2, 0.25) is 0 Å². The molecule has 16 heavy (non-hydrogen) atoms. The van der Waals surface area contributed by atoms with Crippen molar-refractivity contribution in [2.24, 2.45) is 0 Å². The minimum atomic E-state index is -0.580. The van der Waals surface area contributed by atoms with E-state index in [0.717, 1.165) is 6.42 Å². The maximum atomic E-state index is 11.4. The van der Waals surface area contributed by atoms with E-state index in [2.05, 4.69) is 5.32 Å². The first-order valence-corrected chi connectivity index (χ1v) is 5.48. The van der Waals surface area contributed by atoms with Gasteiger partial charge in [-0.05, 0) is 40.5 Å². The van der Waals surface area contributed by atoms with Crippen LogP contribution in [-0.4, -0.2) is 29.8 Å². The van der Waals surface area contributed by atoms with Crippen LogP contribution in [0.15, 0.2) is 0 Å². The summed E-state index contributed by atoms with van der Waals surface area (Å²) in [5, 5.41) is 2.51. The van der Waals surface area contributed by atoms with Crippen molar-refractivity contribution in [3.05, 3.63) is 0 Å². The summed E-state index contributed by atoms with van der Waals surface area (Å²) >= 11 is 0. The molecular weight excluding hydrogens is 210 g/mol. The van der Waals surface area contributed by atoms with Gasteiger partial charge in [0, 0.05) is 0 Å². The van der Waals surface area contributed by atoms with Crippen molar-refractivity contribution in [1.82, 2.24) is 5.32 Å². The number of cyclic esters (lactones) is 1. The number of nitrogens with one attached hydrogen (secondary N) is 1. The standard InChI is InChI=1S/C11H19NO4/c1-7-5-6-8(9(13)15-7)12-10(14)16-11(2,3)4/h7-8H,5-6H2,1-4H3,(H,12,14)/t7-,8-/m0/s1. The van der Waals surface area contributed by atoms with Gasteiger partial charge in [0.15, 0.2) is 0 Å². The van der Waals surface area contributed by atoms with E-state index in [0.29, 0.717) is 6.42 Å². The highest BCUT2D eigenvalue weighted by Gasteiger charge is 2.30. The predicted molar refractivity (Wildman–Crippen MR) is 57.9 cm³/mol. The normalized spacial score (nSPS) is 25.9. The van der Waals surface area contributed by atoms with Crippen molar-refractivity contribution in [2.45, 2.75) is 58.3 Å². The van der Waals surface area contributed by atoms with E-state index in [1.807, 2.05) is 6.92 Å². The van der Waals surface area contributed by atoms with Gasteiger partial charge in [0.1, 0.15) is 11.6 Å². The van der Waals surface area contributed by atoms with E-state index in [1.165, 1.54) is 0 Å². The number of alkyl carbamates (subject to hydrolysis) is 1. The zero-order valence-electron chi connectivity index (χ0n) is 10.2. The van der Waals surface area contributed by atoms with Gasteiger partial charge in [0.2, 0.25) is 0 Å². The smallest absolute Gasteiger partial charge is 0.408 e. The average Bonchev–Trinajstić information content (AvgIpc) is 2.06. The molecule has 1 aliphatic heterocycles. The first-order valence-electron chi connectivity index (χ1n) is 5.48. The van der Waals surface area contributed by atoms with Crippen LogP contribution in [0.4, 0.5) is 4.79 Å². The summed E-state index contributed by atoms with van der Waals surface area (Å²) in [6.07, 6.45) is 0.707. The minimum Gasteiger partial charge on any atom is -0.461 e. The van der Waals surface area contributed by atoms with Crippen molar-refractivity contribution in [3.63, 3.8) is 0 Å². The summed E-state index contributed by atoms with van der Waals surface area (Å²) in [5.41, 5.74) is -0.560. The van der Waals surface area contributed by atoms with Gasteiger partial charge in [0.05, 0.1) is 6.10 Å². The first-order chi connectivity index (χ1) is 7.28. The van der Waals surface area contributed by atoms with Gasteiger partial charge in [-0.1, -0.05) is 0 Å². The molecule has 1 amide bonds. The third-order valence-electron chi connectivity index (χ3n) is 2.15. The Bertz CT molecular complexity index is 282. The summed E-state index contributed by atoms with van der Waals surface area (Å²) in [4.78, 5) is 22.8. The van der Waals surface area contributed by atoms with E-state index < -0.39 is 17.7 Å². The Balaban J connectivity index is 2.43. The topological polar surface area (TPSA) is 64.6 Å². The highest BCUT2D eigenvalue weighted by molar-refractivity contribution is 5.82. The molecule has 1 aliphatic rings. The quantitative estimate of drug-likeness (QED) is 0.694. The summed E-state index contributed by atoms with van der Waals surface area (Å²) in [6.45, 7) is 7.15. The lowest BCUT2D eigenvalue weighted by Crippen LogP contribution is -2.47. The van der Waals surface area contributed by atoms with Gasteiger partial charge in [-0.2, -0.15) is 0 Å². The van der Waals surface area contributed by atoms with Crippen LogP contribution < -0.4 is 5.32 Å². The van der Waals surface area contributed by atoms with Crippen molar-refractivity contribution < 1.29 is 19.1 Å². The third kappa shape index (κ3) is 4.08. The number of ether oxygens (including phenoxy) is 2. The molecule has 0 aromatic rings. The molecular formula is C11H19NO4. The molecule has 1 fully saturated rings. The maximum absolute atomic E-state index is 11.4. The minimum absolute atomic E-state index is 0.0656. The molecule has 0 aromatic carbocycles. The van der Waals surface area contributed by atoms with E-state index in [4.69, 9.17) is 9.47 Å². The molecule has 0 aliphatic carbocycles. The summed E-state index contributed by atoms with van der Waals surface area (Å²) < 4.78 is 10.1. The lowest BCUT2D eigenvalue weighted by Gasteiger charge is -2.27. The highest BCUT2D eigenvalue weighted by Crippen LogP contribution is 2.15. The van der Waals surface area contributed by atoms with E-state index in [1.54, 1.807) is 20.8 Å². The molecule has 92 valence electrons. The lowest BCUT2D eigenvalue weighted by molar-refractivity contribution is -0.155. The third-order valence-corrected chi connectivity index (χ3v) is 2.15. The molecule has 5 nitrogen and oxygen atoms in total. The second kappa shape index (κ2) is 4.72. The van der Waals surface area contributed by atoms with Gasteiger partial charge < -0.3 is 14.8 Å². The molecule has 1 N–H and O–H groups in total. The molecule has 0 saturated carbocycles. The Kier molecular flexibility index (Phi) is 3.78. The number of amides is 1. The molecule has 0 bridgehead atoms. The summed E-state index contributed by atoms with van der Waals surface area (Å²) in [7, 11) is 0. The Morgan fingerprint density at radius 2 is 2.06 bits per heavy atom. The second-order valence-corrected chi connectivity index (χ2v) is 5.02. The molecule has 2 atom stereocenters. The van der Waals surface area contributed by atoms with E-state index in [-0.39, 0.29) is 12.1 Å². The average molecular weight is 229 g/mol. The lowest BCUT2D eigenvalue weighted by atomic mass is 10.1. The molecule has 0 aromatic heterocycles. The number of hydrogen-bond donors (Lipinski definition) is 1. The Morgan fingerprint density at radius 1 is 1.44 bits per heavy atom. The molecule has 5 heteroatoms. The largest absolute Gasteiger partial charge is 0.461 e. The summed E-state index contributed by atoms with van der Waals surface area (Å²) in [5.74, 6) is -0.385. The number of carbonyl (C=O) groups is 2. The predicted octanol–water partition coefficient (Wildman–Crippen LogP) is 1.61. The first kappa shape index (κ1) is 12.8. The number of carbonyl (C=O) groups excluding carboxylic acids is 2. The molecule has 1 saturated heterocycles. The van der Waals surface area contributed by atoms with Gasteiger partial charge in [-0.15, -0.1) is 0 Å². The van der Waals surface area contributed by atoms with Crippen LogP contribution in [0.5, 0.6) is 0 Å². The van der Waals surface area contributed by atoms with Crippen molar-refractivity contribution in [3.8, 4) is 0 Å². The zero-order chi connectivity index (χ0) is 12.3.